The number of nitrogens with zero attached hydrogens (tertiary/aromatic N) is 4. The predicted octanol–water partition coefficient (Wildman–Crippen LogP) is 3.67. The van der Waals surface area contributed by atoms with Crippen molar-refractivity contribution in [3.63, 3.8) is 0 Å². The molecule has 0 radical (unpaired) electrons. The third-order valence-electron chi connectivity index (χ3n) is 3.79. The Morgan fingerprint density at radius 3 is 2.90 bits per heavy atom. The summed E-state index contributed by atoms with van der Waals surface area (Å²) >= 11 is 6.39. The molecule has 20 heavy (non-hydrogen) atoms. The standard InChI is InChI=1S/C15H19ClN4/c1-2-8-20-10-17-9-13(20)15-18-12-7-5-3-4-6-11(12)14(16)19-15/h9-10H,2-8H2,1H3. The zero-order valence-corrected chi connectivity index (χ0v) is 12.5. The van der Waals surface area contributed by atoms with Gasteiger partial charge in [-0.15, -0.1) is 0 Å². The van der Waals surface area contributed by atoms with Crippen molar-refractivity contribution in [2.75, 3.05) is 0 Å². The summed E-state index contributed by atoms with van der Waals surface area (Å²) in [4.78, 5) is 13.5. The van der Waals surface area contributed by atoms with Crippen molar-refractivity contribution in [1.82, 2.24) is 19.5 Å². The monoisotopic (exact) mass is 290 g/mol. The van der Waals surface area contributed by atoms with E-state index in [-0.39, 0.29) is 0 Å². The Labute approximate surface area is 124 Å². The summed E-state index contributed by atoms with van der Waals surface area (Å²) in [5.74, 6) is 0.710. The van der Waals surface area contributed by atoms with E-state index >= 15 is 0 Å². The minimum Gasteiger partial charge on any atom is -0.328 e. The van der Waals surface area contributed by atoms with E-state index in [4.69, 9.17) is 16.6 Å². The highest BCUT2D eigenvalue weighted by Crippen LogP contribution is 2.27. The summed E-state index contributed by atoms with van der Waals surface area (Å²) in [7, 11) is 0. The van der Waals surface area contributed by atoms with E-state index in [0.29, 0.717) is 11.0 Å². The van der Waals surface area contributed by atoms with Gasteiger partial charge in [-0.2, -0.15) is 0 Å². The van der Waals surface area contributed by atoms with Gasteiger partial charge >= 0.3 is 0 Å². The minimum atomic E-state index is 0.621. The molecular weight excluding hydrogens is 272 g/mol. The van der Waals surface area contributed by atoms with Crippen molar-refractivity contribution in [2.45, 2.75) is 52.0 Å². The van der Waals surface area contributed by atoms with Gasteiger partial charge in [0.1, 0.15) is 10.8 Å². The summed E-state index contributed by atoms with van der Waals surface area (Å²) in [5, 5.41) is 0.621. The summed E-state index contributed by atoms with van der Waals surface area (Å²) in [6, 6.07) is 0. The quantitative estimate of drug-likeness (QED) is 0.640. The molecule has 2 heterocycles. The first-order chi connectivity index (χ1) is 9.79. The Morgan fingerprint density at radius 2 is 2.05 bits per heavy atom. The van der Waals surface area contributed by atoms with Crippen LogP contribution in [0.2, 0.25) is 5.15 Å². The minimum absolute atomic E-state index is 0.621. The normalized spacial score (nSPS) is 14.9. The van der Waals surface area contributed by atoms with Crippen molar-refractivity contribution >= 4 is 11.6 Å². The summed E-state index contributed by atoms with van der Waals surface area (Å²) in [5.41, 5.74) is 3.23. The smallest absolute Gasteiger partial charge is 0.179 e. The molecule has 0 aliphatic heterocycles. The van der Waals surface area contributed by atoms with E-state index < -0.39 is 0 Å². The number of fused-ring (bicyclic) bond motifs is 1. The van der Waals surface area contributed by atoms with Crippen LogP contribution in [0.5, 0.6) is 0 Å². The molecule has 106 valence electrons. The van der Waals surface area contributed by atoms with Crippen LogP contribution in [0.25, 0.3) is 11.5 Å². The highest BCUT2D eigenvalue weighted by atomic mass is 35.5. The Kier molecular flexibility index (Phi) is 4.01. The molecular formula is C15H19ClN4. The fourth-order valence-electron chi connectivity index (χ4n) is 2.77. The van der Waals surface area contributed by atoms with Crippen LogP contribution in [0.15, 0.2) is 12.5 Å². The molecule has 2 aromatic rings. The van der Waals surface area contributed by atoms with Crippen LogP contribution in [0, 0.1) is 0 Å². The molecule has 0 saturated carbocycles. The Hall–Kier alpha value is -1.42. The molecule has 0 amide bonds. The SMILES string of the molecule is CCCn1cncc1-c1nc(Cl)c2c(n1)CCCCC2. The number of aromatic nitrogens is 4. The van der Waals surface area contributed by atoms with E-state index in [0.717, 1.165) is 42.8 Å². The first-order valence-electron chi connectivity index (χ1n) is 7.35. The maximum atomic E-state index is 6.39. The molecule has 1 aliphatic rings. The van der Waals surface area contributed by atoms with E-state index in [9.17, 15) is 0 Å². The Balaban J connectivity index is 2.04. The van der Waals surface area contributed by atoms with Gasteiger partial charge in [0.2, 0.25) is 0 Å². The fourth-order valence-corrected chi connectivity index (χ4v) is 3.05. The van der Waals surface area contributed by atoms with Crippen molar-refractivity contribution in [1.29, 1.82) is 0 Å². The van der Waals surface area contributed by atoms with E-state index in [1.54, 1.807) is 0 Å². The molecule has 4 nitrogen and oxygen atoms in total. The summed E-state index contributed by atoms with van der Waals surface area (Å²) < 4.78 is 2.09. The third kappa shape index (κ3) is 2.57. The Bertz CT molecular complexity index is 606. The molecule has 0 N–H and O–H groups in total. The van der Waals surface area contributed by atoms with Crippen LogP contribution >= 0.6 is 11.6 Å². The number of rotatable bonds is 3. The van der Waals surface area contributed by atoms with Crippen LogP contribution in [0.1, 0.15) is 43.9 Å². The second kappa shape index (κ2) is 5.92. The van der Waals surface area contributed by atoms with Gasteiger partial charge in [-0.25, -0.2) is 15.0 Å². The lowest BCUT2D eigenvalue weighted by Gasteiger charge is -2.10. The molecule has 0 bridgehead atoms. The lowest BCUT2D eigenvalue weighted by molar-refractivity contribution is 0.680. The maximum Gasteiger partial charge on any atom is 0.179 e. The molecule has 2 aromatic heterocycles. The van der Waals surface area contributed by atoms with Gasteiger partial charge in [-0.1, -0.05) is 24.9 Å². The number of hydrogen-bond acceptors (Lipinski definition) is 3. The molecule has 0 saturated heterocycles. The molecule has 0 spiro atoms. The molecule has 0 unspecified atom stereocenters. The van der Waals surface area contributed by atoms with E-state index in [1.165, 1.54) is 19.3 Å². The number of hydrogen-bond donors (Lipinski definition) is 0. The summed E-state index contributed by atoms with van der Waals surface area (Å²) in [6.07, 6.45) is 10.3. The van der Waals surface area contributed by atoms with Crippen molar-refractivity contribution in [3.05, 3.63) is 28.9 Å². The maximum absolute atomic E-state index is 6.39. The molecule has 0 atom stereocenters. The van der Waals surface area contributed by atoms with Gasteiger partial charge in [-0.3, -0.25) is 0 Å². The number of aryl methyl sites for hydroxylation is 2. The van der Waals surface area contributed by atoms with Crippen molar-refractivity contribution in [2.24, 2.45) is 0 Å². The molecule has 3 rings (SSSR count). The molecule has 1 aliphatic carbocycles. The number of imidazole rings is 1. The first kappa shape index (κ1) is 13.6. The van der Waals surface area contributed by atoms with Crippen LogP contribution in [0.4, 0.5) is 0 Å². The third-order valence-corrected chi connectivity index (χ3v) is 4.10. The topological polar surface area (TPSA) is 43.6 Å². The molecule has 0 fully saturated rings. The second-order valence-electron chi connectivity index (χ2n) is 5.30. The van der Waals surface area contributed by atoms with Gasteiger partial charge in [0.25, 0.3) is 0 Å². The first-order valence-corrected chi connectivity index (χ1v) is 7.73. The van der Waals surface area contributed by atoms with Crippen molar-refractivity contribution in [3.8, 4) is 11.5 Å². The zero-order chi connectivity index (χ0) is 13.9. The van der Waals surface area contributed by atoms with E-state index in [2.05, 4.69) is 21.5 Å². The summed E-state index contributed by atoms with van der Waals surface area (Å²) in [6.45, 7) is 3.07. The van der Waals surface area contributed by atoms with E-state index in [1.807, 2.05) is 12.5 Å². The molecule has 5 heteroatoms. The largest absolute Gasteiger partial charge is 0.328 e. The molecule has 0 aromatic carbocycles. The lowest BCUT2D eigenvalue weighted by atomic mass is 10.1. The number of halogens is 1. The average molecular weight is 291 g/mol. The fraction of sp³-hybridized carbons (Fsp3) is 0.533. The van der Waals surface area contributed by atoms with Gasteiger partial charge in [0, 0.05) is 17.8 Å². The van der Waals surface area contributed by atoms with Crippen molar-refractivity contribution < 1.29 is 0 Å². The van der Waals surface area contributed by atoms with Gasteiger partial charge in [0.15, 0.2) is 5.82 Å². The lowest BCUT2D eigenvalue weighted by Crippen LogP contribution is -2.05. The van der Waals surface area contributed by atoms with Crippen LogP contribution in [-0.4, -0.2) is 19.5 Å². The van der Waals surface area contributed by atoms with Crippen LogP contribution < -0.4 is 0 Å². The van der Waals surface area contributed by atoms with Crippen LogP contribution in [-0.2, 0) is 19.4 Å². The van der Waals surface area contributed by atoms with Gasteiger partial charge in [0.05, 0.1) is 12.5 Å². The average Bonchev–Trinajstić information content (AvgIpc) is 2.76. The van der Waals surface area contributed by atoms with Gasteiger partial charge in [-0.05, 0) is 32.1 Å². The highest BCUT2D eigenvalue weighted by molar-refractivity contribution is 6.30. The highest BCUT2D eigenvalue weighted by Gasteiger charge is 2.17. The van der Waals surface area contributed by atoms with Gasteiger partial charge < -0.3 is 4.57 Å². The predicted molar refractivity (Wildman–Crippen MR) is 79.8 cm³/mol. The second-order valence-corrected chi connectivity index (χ2v) is 5.65. The van der Waals surface area contributed by atoms with Crippen LogP contribution in [0.3, 0.4) is 0 Å². The Morgan fingerprint density at radius 1 is 1.20 bits per heavy atom. The zero-order valence-electron chi connectivity index (χ0n) is 11.8.